The number of benzene rings is 1. The van der Waals surface area contributed by atoms with Crippen LogP contribution in [-0.4, -0.2) is 39.7 Å². The van der Waals surface area contributed by atoms with Crippen LogP contribution in [-0.2, 0) is 34.5 Å². The van der Waals surface area contributed by atoms with Gasteiger partial charge in [-0.1, -0.05) is 6.07 Å². The molecule has 158 valence electrons. The summed E-state index contributed by atoms with van der Waals surface area (Å²) in [6.07, 6.45) is -9.10. The highest BCUT2D eigenvalue weighted by atomic mass is 32.1. The Hall–Kier alpha value is -1.49. The van der Waals surface area contributed by atoms with E-state index >= 15 is 0 Å². The van der Waals surface area contributed by atoms with E-state index in [0.29, 0.717) is 21.8 Å². The quantitative estimate of drug-likeness (QED) is 0.683. The number of aryl methyl sites for hydroxylation is 1. The molecule has 5 atom stereocenters. The second kappa shape index (κ2) is 7.04. The number of fused-ring (bicyclic) bond motifs is 2. The molecule has 0 radical (unpaired) electrons. The summed E-state index contributed by atoms with van der Waals surface area (Å²) in [7, 11) is 0. The lowest BCUT2D eigenvalue weighted by molar-refractivity contribution is -0.362. The predicted molar refractivity (Wildman–Crippen MR) is 98.3 cm³/mol. The monoisotopic (exact) mass is 430 g/mol. The SMILES string of the molecule is Cc1cc2c(cc1Cc1ccc(C(F)(F)F)s1)[C@]1(OC2)O[C@H](C)[C@@H](O)[C@H](O)[C@H]1O. The first-order valence-corrected chi connectivity index (χ1v) is 9.99. The lowest BCUT2D eigenvalue weighted by Crippen LogP contribution is -2.62. The van der Waals surface area contributed by atoms with E-state index in [1.165, 1.54) is 6.07 Å². The van der Waals surface area contributed by atoms with Gasteiger partial charge in [-0.2, -0.15) is 13.2 Å². The zero-order valence-electron chi connectivity index (χ0n) is 15.7. The normalized spacial score (nSPS) is 32.0. The Kier molecular flexibility index (Phi) is 5.04. The van der Waals surface area contributed by atoms with E-state index in [4.69, 9.17) is 9.47 Å². The van der Waals surface area contributed by atoms with E-state index in [1.807, 2.05) is 13.0 Å². The summed E-state index contributed by atoms with van der Waals surface area (Å²) >= 11 is 0.695. The zero-order chi connectivity index (χ0) is 21.1. The van der Waals surface area contributed by atoms with Crippen LogP contribution in [0, 0.1) is 6.92 Å². The Morgan fingerprint density at radius 3 is 2.55 bits per heavy atom. The maximum absolute atomic E-state index is 12.9. The first kappa shape index (κ1) is 20.8. The largest absolute Gasteiger partial charge is 0.425 e. The second-order valence-electron chi connectivity index (χ2n) is 7.58. The van der Waals surface area contributed by atoms with Gasteiger partial charge in [0, 0.05) is 16.9 Å². The van der Waals surface area contributed by atoms with Crippen LogP contribution in [0.15, 0.2) is 24.3 Å². The molecule has 2 aliphatic heterocycles. The Morgan fingerprint density at radius 1 is 1.17 bits per heavy atom. The zero-order valence-corrected chi connectivity index (χ0v) is 16.5. The lowest BCUT2D eigenvalue weighted by Gasteiger charge is -2.45. The van der Waals surface area contributed by atoms with Crippen molar-refractivity contribution >= 4 is 11.3 Å². The van der Waals surface area contributed by atoms with Crippen molar-refractivity contribution in [3.05, 3.63) is 56.3 Å². The van der Waals surface area contributed by atoms with Gasteiger partial charge in [0.15, 0.2) is 0 Å². The molecule has 0 amide bonds. The highest BCUT2D eigenvalue weighted by Gasteiger charge is 2.57. The molecule has 0 bridgehead atoms. The number of hydrogen-bond acceptors (Lipinski definition) is 6. The fraction of sp³-hybridized carbons (Fsp3) is 0.500. The van der Waals surface area contributed by atoms with Crippen molar-refractivity contribution in [2.24, 2.45) is 0 Å². The average Bonchev–Trinajstić information content (AvgIpc) is 3.25. The van der Waals surface area contributed by atoms with Crippen LogP contribution in [0.25, 0.3) is 0 Å². The van der Waals surface area contributed by atoms with E-state index in [0.717, 1.165) is 22.8 Å². The van der Waals surface area contributed by atoms with Gasteiger partial charge in [0.05, 0.1) is 12.7 Å². The number of aliphatic hydroxyl groups is 3. The Labute approximate surface area is 169 Å². The summed E-state index contributed by atoms with van der Waals surface area (Å²) < 4.78 is 50.3. The van der Waals surface area contributed by atoms with Crippen molar-refractivity contribution < 1.29 is 38.0 Å². The van der Waals surface area contributed by atoms with E-state index in [-0.39, 0.29) is 13.0 Å². The molecule has 5 nitrogen and oxygen atoms in total. The smallest absolute Gasteiger partial charge is 0.388 e. The van der Waals surface area contributed by atoms with Gasteiger partial charge in [0.2, 0.25) is 5.79 Å². The molecule has 0 saturated carbocycles. The molecule has 0 aliphatic carbocycles. The van der Waals surface area contributed by atoms with Crippen molar-refractivity contribution in [1.82, 2.24) is 0 Å². The van der Waals surface area contributed by atoms with Crippen LogP contribution in [0.1, 0.15) is 38.9 Å². The van der Waals surface area contributed by atoms with Gasteiger partial charge < -0.3 is 24.8 Å². The number of hydrogen-bond donors (Lipinski definition) is 3. The number of rotatable bonds is 2. The molecule has 4 rings (SSSR count). The molecule has 29 heavy (non-hydrogen) atoms. The summed E-state index contributed by atoms with van der Waals surface area (Å²) in [6, 6.07) is 6.14. The third-order valence-electron chi connectivity index (χ3n) is 5.59. The first-order valence-electron chi connectivity index (χ1n) is 9.17. The van der Waals surface area contributed by atoms with Crippen LogP contribution >= 0.6 is 11.3 Å². The summed E-state index contributed by atoms with van der Waals surface area (Å²) in [6.45, 7) is 3.58. The Balaban J connectivity index is 1.70. The van der Waals surface area contributed by atoms with Gasteiger partial charge in [0.25, 0.3) is 0 Å². The average molecular weight is 430 g/mol. The molecule has 2 aliphatic rings. The van der Waals surface area contributed by atoms with Crippen molar-refractivity contribution in [3.8, 4) is 0 Å². The molecular formula is C20H21F3O5S. The molecule has 1 aromatic carbocycles. The van der Waals surface area contributed by atoms with Crippen molar-refractivity contribution in [2.75, 3.05) is 0 Å². The number of aliphatic hydroxyl groups excluding tert-OH is 3. The van der Waals surface area contributed by atoms with E-state index in [1.54, 1.807) is 13.0 Å². The maximum atomic E-state index is 12.9. The highest BCUT2D eigenvalue weighted by Crippen LogP contribution is 2.46. The van der Waals surface area contributed by atoms with Crippen LogP contribution in [0.5, 0.6) is 0 Å². The Bertz CT molecular complexity index is 927. The molecule has 1 aromatic heterocycles. The minimum atomic E-state index is -4.37. The van der Waals surface area contributed by atoms with Gasteiger partial charge in [-0.05, 0) is 48.7 Å². The number of ether oxygens (including phenoxy) is 2. The van der Waals surface area contributed by atoms with Gasteiger partial charge in [-0.25, -0.2) is 0 Å². The lowest BCUT2D eigenvalue weighted by atomic mass is 9.86. The van der Waals surface area contributed by atoms with E-state index in [2.05, 4.69) is 0 Å². The summed E-state index contributed by atoms with van der Waals surface area (Å²) in [5.74, 6) is -1.62. The molecule has 1 fully saturated rings. The maximum Gasteiger partial charge on any atom is 0.425 e. The number of halogens is 3. The third-order valence-corrected chi connectivity index (χ3v) is 6.72. The summed E-state index contributed by atoms with van der Waals surface area (Å²) in [5, 5.41) is 30.9. The molecule has 3 N–H and O–H groups in total. The van der Waals surface area contributed by atoms with Gasteiger partial charge in [-0.3, -0.25) is 0 Å². The van der Waals surface area contributed by atoms with Crippen molar-refractivity contribution in [3.63, 3.8) is 0 Å². The van der Waals surface area contributed by atoms with Crippen LogP contribution in [0.2, 0.25) is 0 Å². The summed E-state index contributed by atoms with van der Waals surface area (Å²) in [4.78, 5) is -0.0923. The standard InChI is InChI=1S/C20H21F3O5S/c1-9-5-12-8-27-19(18(26)17(25)16(24)10(2)28-19)14(12)7-11(9)6-13-3-4-15(29-13)20(21,22)23/h3-5,7,10,16-18,24-26H,6,8H2,1-2H3/t10-,16-,17+,18-,19+/m1/s1. The van der Waals surface area contributed by atoms with Crippen LogP contribution in [0.3, 0.4) is 0 Å². The van der Waals surface area contributed by atoms with Gasteiger partial charge >= 0.3 is 6.18 Å². The fourth-order valence-corrected chi connectivity index (χ4v) is 4.87. The number of alkyl halides is 3. The van der Waals surface area contributed by atoms with E-state index in [9.17, 15) is 28.5 Å². The minimum absolute atomic E-state index is 0.153. The van der Waals surface area contributed by atoms with Crippen LogP contribution in [0.4, 0.5) is 13.2 Å². The molecule has 2 aromatic rings. The van der Waals surface area contributed by atoms with Crippen molar-refractivity contribution in [2.45, 2.75) is 63.3 Å². The van der Waals surface area contributed by atoms with Crippen molar-refractivity contribution in [1.29, 1.82) is 0 Å². The summed E-state index contributed by atoms with van der Waals surface area (Å²) in [5.41, 5.74) is 2.94. The van der Waals surface area contributed by atoms with Crippen LogP contribution < -0.4 is 0 Å². The van der Waals surface area contributed by atoms with Gasteiger partial charge in [-0.15, -0.1) is 11.3 Å². The topological polar surface area (TPSA) is 79.2 Å². The highest BCUT2D eigenvalue weighted by molar-refractivity contribution is 7.12. The minimum Gasteiger partial charge on any atom is -0.388 e. The Morgan fingerprint density at radius 2 is 1.90 bits per heavy atom. The molecule has 3 heterocycles. The molecule has 1 saturated heterocycles. The molecule has 0 unspecified atom stereocenters. The molecular weight excluding hydrogens is 409 g/mol. The molecule has 1 spiro atoms. The number of thiophene rings is 1. The fourth-order valence-electron chi connectivity index (χ4n) is 3.97. The first-order chi connectivity index (χ1) is 13.5. The molecule has 9 heteroatoms. The van der Waals surface area contributed by atoms with E-state index < -0.39 is 41.3 Å². The second-order valence-corrected chi connectivity index (χ2v) is 8.75. The van der Waals surface area contributed by atoms with Gasteiger partial charge in [0.1, 0.15) is 23.2 Å². The predicted octanol–water partition coefficient (Wildman–Crippen LogP) is 2.85. The third kappa shape index (κ3) is 3.39.